The number of nitro groups is 1. The molecule has 0 unspecified atom stereocenters. The number of carbonyl (C=O) groups excluding carboxylic acids is 1. The summed E-state index contributed by atoms with van der Waals surface area (Å²) in [7, 11) is 5.61. The van der Waals surface area contributed by atoms with Crippen molar-refractivity contribution in [1.82, 2.24) is 10.2 Å². The molecular formula is C26H32N4O3. The Labute approximate surface area is 195 Å². The molecule has 3 aromatic carbocycles. The molecule has 0 aliphatic carbocycles. The molecule has 0 saturated heterocycles. The average Bonchev–Trinajstić information content (AvgIpc) is 2.84. The van der Waals surface area contributed by atoms with Gasteiger partial charge >= 0.3 is 0 Å². The van der Waals surface area contributed by atoms with Crippen molar-refractivity contribution in [2.45, 2.75) is 19.5 Å². The summed E-state index contributed by atoms with van der Waals surface area (Å²) < 4.78 is 0. The molecule has 0 aromatic heterocycles. The smallest absolute Gasteiger partial charge is 0.269 e. The molecule has 1 N–H and O–H groups in total. The van der Waals surface area contributed by atoms with Crippen molar-refractivity contribution in [1.29, 1.82) is 0 Å². The molecule has 33 heavy (non-hydrogen) atoms. The van der Waals surface area contributed by atoms with E-state index in [1.165, 1.54) is 28.2 Å². The Morgan fingerprint density at radius 1 is 0.879 bits per heavy atom. The number of hydrogen-bond donors (Lipinski definition) is 1. The van der Waals surface area contributed by atoms with Gasteiger partial charge in [-0.3, -0.25) is 14.9 Å². The summed E-state index contributed by atoms with van der Waals surface area (Å²) in [6.45, 7) is 2.39. The zero-order chi connectivity index (χ0) is 24.1. The van der Waals surface area contributed by atoms with Crippen LogP contribution in [0.15, 0.2) is 84.9 Å². The first-order valence-corrected chi connectivity index (χ1v) is 10.8. The minimum Gasteiger partial charge on any atom is -0.316 e. The highest BCUT2D eigenvalue weighted by Gasteiger charge is 2.13. The molecule has 7 nitrogen and oxygen atoms in total. The van der Waals surface area contributed by atoms with Gasteiger partial charge in [0, 0.05) is 50.9 Å². The quantitative estimate of drug-likeness (QED) is 0.386. The summed E-state index contributed by atoms with van der Waals surface area (Å²) >= 11 is 0. The van der Waals surface area contributed by atoms with Gasteiger partial charge in [-0.2, -0.15) is 0 Å². The minimum atomic E-state index is -0.454. The summed E-state index contributed by atoms with van der Waals surface area (Å²) in [5.41, 5.74) is 3.20. The maximum atomic E-state index is 12.3. The van der Waals surface area contributed by atoms with Crippen LogP contribution in [0.4, 0.5) is 11.4 Å². The molecule has 3 aromatic rings. The Bertz CT molecular complexity index is 979. The van der Waals surface area contributed by atoms with E-state index >= 15 is 0 Å². The minimum absolute atomic E-state index is 0.0159. The van der Waals surface area contributed by atoms with E-state index in [0.717, 1.165) is 13.1 Å². The lowest BCUT2D eigenvalue weighted by molar-refractivity contribution is -0.384. The Morgan fingerprint density at radius 2 is 1.42 bits per heavy atom. The van der Waals surface area contributed by atoms with E-state index in [4.69, 9.17) is 0 Å². The fourth-order valence-electron chi connectivity index (χ4n) is 3.17. The van der Waals surface area contributed by atoms with E-state index in [1.807, 2.05) is 50.5 Å². The average molecular weight is 449 g/mol. The standard InChI is InChI=1S/C18H21N3O3.C8H11N/c1-19(14-15-6-4-3-5-7-15)13-12-18(22)20(2)16-8-10-17(11-9-16)21(23)24;1-9-7-8-5-3-2-4-6-8/h3-11H,12-14H2,1-2H3;2-6,9H,7H2,1H3. The van der Waals surface area contributed by atoms with Crippen molar-refractivity contribution < 1.29 is 9.72 Å². The first-order valence-electron chi connectivity index (χ1n) is 10.8. The molecule has 0 radical (unpaired) electrons. The van der Waals surface area contributed by atoms with Gasteiger partial charge in [0.05, 0.1) is 4.92 Å². The number of rotatable bonds is 9. The van der Waals surface area contributed by atoms with Crippen LogP contribution < -0.4 is 10.2 Å². The lowest BCUT2D eigenvalue weighted by Crippen LogP contribution is -2.30. The lowest BCUT2D eigenvalue weighted by atomic mass is 10.2. The van der Waals surface area contributed by atoms with Crippen LogP contribution in [0.2, 0.25) is 0 Å². The monoisotopic (exact) mass is 448 g/mol. The highest BCUT2D eigenvalue weighted by atomic mass is 16.6. The molecule has 0 atom stereocenters. The topological polar surface area (TPSA) is 78.7 Å². The second kappa shape index (κ2) is 13.8. The Morgan fingerprint density at radius 3 is 1.94 bits per heavy atom. The SMILES string of the molecule is CN(CCC(=O)N(C)c1ccc([N+](=O)[O-])cc1)Cc1ccccc1.CNCc1ccccc1. The first kappa shape index (κ1) is 25.7. The van der Waals surface area contributed by atoms with Crippen molar-refractivity contribution in [2.24, 2.45) is 0 Å². The Balaban J connectivity index is 0.000000357. The molecular weight excluding hydrogens is 416 g/mol. The van der Waals surface area contributed by atoms with Gasteiger partial charge in [-0.1, -0.05) is 60.7 Å². The van der Waals surface area contributed by atoms with Crippen LogP contribution in [-0.4, -0.2) is 43.4 Å². The van der Waals surface area contributed by atoms with Crippen LogP contribution in [0.25, 0.3) is 0 Å². The number of hydrogen-bond acceptors (Lipinski definition) is 5. The Kier molecular flexibility index (Phi) is 10.7. The van der Waals surface area contributed by atoms with Crippen LogP contribution in [0.5, 0.6) is 0 Å². The van der Waals surface area contributed by atoms with Gasteiger partial charge in [0.25, 0.3) is 5.69 Å². The molecule has 0 aliphatic heterocycles. The predicted molar refractivity (Wildman–Crippen MR) is 133 cm³/mol. The van der Waals surface area contributed by atoms with Crippen LogP contribution in [-0.2, 0) is 17.9 Å². The third-order valence-electron chi connectivity index (χ3n) is 5.05. The van der Waals surface area contributed by atoms with Gasteiger partial charge in [-0.25, -0.2) is 0 Å². The van der Waals surface area contributed by atoms with Gasteiger partial charge in [0.1, 0.15) is 0 Å². The number of non-ortho nitro benzene ring substituents is 1. The molecule has 0 aliphatic rings. The largest absolute Gasteiger partial charge is 0.316 e. The van der Waals surface area contributed by atoms with Gasteiger partial charge in [0.2, 0.25) is 5.91 Å². The van der Waals surface area contributed by atoms with Crippen LogP contribution in [0.1, 0.15) is 17.5 Å². The molecule has 174 valence electrons. The fourth-order valence-corrected chi connectivity index (χ4v) is 3.17. The number of anilines is 1. The summed E-state index contributed by atoms with van der Waals surface area (Å²) in [4.78, 5) is 26.1. The van der Waals surface area contributed by atoms with Gasteiger partial charge < -0.3 is 15.1 Å². The van der Waals surface area contributed by atoms with Crippen molar-refractivity contribution in [3.63, 3.8) is 0 Å². The molecule has 0 bridgehead atoms. The van der Waals surface area contributed by atoms with Crippen LogP contribution in [0, 0.1) is 10.1 Å². The fraction of sp³-hybridized carbons (Fsp3) is 0.269. The molecule has 0 spiro atoms. The van der Waals surface area contributed by atoms with E-state index in [2.05, 4.69) is 34.5 Å². The number of nitrogens with zero attached hydrogens (tertiary/aromatic N) is 3. The maximum Gasteiger partial charge on any atom is 0.269 e. The number of nitro benzene ring substituents is 1. The van der Waals surface area contributed by atoms with Crippen molar-refractivity contribution >= 4 is 17.3 Å². The summed E-state index contributed by atoms with van der Waals surface area (Å²) in [6, 6.07) is 26.4. The summed E-state index contributed by atoms with van der Waals surface area (Å²) in [6.07, 6.45) is 0.386. The Hall–Kier alpha value is -3.55. The lowest BCUT2D eigenvalue weighted by Gasteiger charge is -2.20. The third-order valence-corrected chi connectivity index (χ3v) is 5.05. The summed E-state index contributed by atoms with van der Waals surface area (Å²) in [5.74, 6) is -0.0243. The molecule has 0 saturated carbocycles. The van der Waals surface area contributed by atoms with Crippen LogP contribution >= 0.6 is 0 Å². The van der Waals surface area contributed by atoms with E-state index in [-0.39, 0.29) is 11.6 Å². The highest BCUT2D eigenvalue weighted by molar-refractivity contribution is 5.92. The van der Waals surface area contributed by atoms with Crippen molar-refractivity contribution in [2.75, 3.05) is 32.6 Å². The first-order chi connectivity index (χ1) is 15.9. The number of nitrogens with one attached hydrogen (secondary N) is 1. The highest BCUT2D eigenvalue weighted by Crippen LogP contribution is 2.19. The van der Waals surface area contributed by atoms with Gasteiger partial charge in [-0.05, 0) is 37.4 Å². The zero-order valence-corrected chi connectivity index (χ0v) is 19.5. The normalized spacial score (nSPS) is 10.3. The maximum absolute atomic E-state index is 12.3. The number of amides is 1. The third kappa shape index (κ3) is 9.22. The van der Waals surface area contributed by atoms with E-state index in [0.29, 0.717) is 18.7 Å². The molecule has 0 heterocycles. The molecule has 7 heteroatoms. The van der Waals surface area contributed by atoms with Gasteiger partial charge in [0.15, 0.2) is 0 Å². The number of benzene rings is 3. The molecule has 3 rings (SSSR count). The van der Waals surface area contributed by atoms with Crippen LogP contribution in [0.3, 0.4) is 0 Å². The summed E-state index contributed by atoms with van der Waals surface area (Å²) in [5, 5.41) is 13.7. The molecule has 1 amide bonds. The zero-order valence-electron chi connectivity index (χ0n) is 19.5. The molecule has 0 fully saturated rings. The van der Waals surface area contributed by atoms with E-state index < -0.39 is 4.92 Å². The van der Waals surface area contributed by atoms with Gasteiger partial charge in [-0.15, -0.1) is 0 Å². The van der Waals surface area contributed by atoms with Crippen molar-refractivity contribution in [3.8, 4) is 0 Å². The number of carbonyl (C=O) groups is 1. The van der Waals surface area contributed by atoms with Crippen molar-refractivity contribution in [3.05, 3.63) is 106 Å². The van der Waals surface area contributed by atoms with E-state index in [1.54, 1.807) is 19.2 Å². The predicted octanol–water partition coefficient (Wildman–Crippen LogP) is 4.49. The second-order valence-electron chi connectivity index (χ2n) is 7.72. The van der Waals surface area contributed by atoms with E-state index in [9.17, 15) is 14.9 Å². The second-order valence-corrected chi connectivity index (χ2v) is 7.72.